The molecule has 3 rings (SSSR count). The van der Waals surface area contributed by atoms with Crippen molar-refractivity contribution in [2.45, 2.75) is 12.5 Å². The molecule has 0 spiro atoms. The average Bonchev–Trinajstić information content (AvgIpc) is 2.93. The molecule has 1 aromatic rings. The first-order chi connectivity index (χ1) is 11.4. The van der Waals surface area contributed by atoms with Gasteiger partial charge in [-0.1, -0.05) is 0 Å². The van der Waals surface area contributed by atoms with Gasteiger partial charge >= 0.3 is 6.09 Å². The van der Waals surface area contributed by atoms with Gasteiger partial charge in [0.25, 0.3) is 0 Å². The van der Waals surface area contributed by atoms with Crippen LogP contribution in [0.4, 0.5) is 29.3 Å². The van der Waals surface area contributed by atoms with Gasteiger partial charge in [0.05, 0.1) is 18.8 Å². The number of aliphatic hydroxyl groups excluding tert-OH is 1. The zero-order valence-electron chi connectivity index (χ0n) is 12.3. The van der Waals surface area contributed by atoms with Crippen LogP contribution in [0.2, 0.25) is 0 Å². The molecule has 0 radical (unpaired) electrons. The van der Waals surface area contributed by atoms with Crippen molar-refractivity contribution in [2.75, 3.05) is 29.5 Å². The second kappa shape index (κ2) is 6.16. The van der Waals surface area contributed by atoms with Gasteiger partial charge in [-0.25, -0.2) is 18.0 Å². The maximum atomic E-state index is 14.4. The number of hydrogen-bond acceptors (Lipinski definition) is 5. The number of aliphatic hydroxyl groups is 1. The predicted octanol–water partition coefficient (Wildman–Crippen LogP) is 1.71. The molecule has 9 heteroatoms. The van der Waals surface area contributed by atoms with E-state index in [2.05, 4.69) is 0 Å². The first-order valence-electron chi connectivity index (χ1n) is 7.16. The van der Waals surface area contributed by atoms with E-state index < -0.39 is 47.6 Å². The molecule has 6 nitrogen and oxygen atoms in total. The van der Waals surface area contributed by atoms with Gasteiger partial charge in [0, 0.05) is 25.2 Å². The molecule has 128 valence electrons. The van der Waals surface area contributed by atoms with Crippen molar-refractivity contribution in [1.82, 2.24) is 0 Å². The molecular formula is C15H13F3N2O4. The van der Waals surface area contributed by atoms with Crippen molar-refractivity contribution in [3.05, 3.63) is 35.8 Å². The van der Waals surface area contributed by atoms with Crippen LogP contribution in [0.5, 0.6) is 0 Å². The van der Waals surface area contributed by atoms with Crippen LogP contribution < -0.4 is 9.80 Å². The van der Waals surface area contributed by atoms with Crippen molar-refractivity contribution in [3.8, 4) is 0 Å². The van der Waals surface area contributed by atoms with E-state index in [1.165, 1.54) is 6.20 Å². The molecular weight excluding hydrogens is 329 g/mol. The number of nitrogens with zero attached hydrogens (tertiary/aromatic N) is 2. The minimum Gasteiger partial charge on any atom is -0.441 e. The van der Waals surface area contributed by atoms with Crippen molar-refractivity contribution < 1.29 is 32.6 Å². The number of rotatable bonds is 3. The van der Waals surface area contributed by atoms with E-state index >= 15 is 0 Å². The van der Waals surface area contributed by atoms with E-state index in [0.29, 0.717) is 6.07 Å². The van der Waals surface area contributed by atoms with Gasteiger partial charge in [-0.15, -0.1) is 0 Å². The summed E-state index contributed by atoms with van der Waals surface area (Å²) in [4.78, 5) is 24.6. The Morgan fingerprint density at radius 2 is 2.00 bits per heavy atom. The van der Waals surface area contributed by atoms with Gasteiger partial charge in [0.1, 0.15) is 11.8 Å². The van der Waals surface area contributed by atoms with Crippen molar-refractivity contribution >= 4 is 23.3 Å². The Morgan fingerprint density at radius 1 is 1.25 bits per heavy atom. The summed E-state index contributed by atoms with van der Waals surface area (Å²) in [6, 6.07) is 0.693. The monoisotopic (exact) mass is 342 g/mol. The Labute approximate surface area is 134 Å². The van der Waals surface area contributed by atoms with E-state index in [1.54, 1.807) is 0 Å². The van der Waals surface area contributed by atoms with Crippen LogP contribution >= 0.6 is 0 Å². The summed E-state index contributed by atoms with van der Waals surface area (Å²) >= 11 is 0. The second-order valence-corrected chi connectivity index (χ2v) is 5.38. The fourth-order valence-electron chi connectivity index (χ4n) is 2.59. The predicted molar refractivity (Wildman–Crippen MR) is 77.1 cm³/mol. The quantitative estimate of drug-likeness (QED) is 0.847. The zero-order chi connectivity index (χ0) is 17.4. The minimum absolute atomic E-state index is 0.0142. The molecule has 0 bridgehead atoms. The molecule has 2 heterocycles. The maximum absolute atomic E-state index is 14.4. The lowest BCUT2D eigenvalue weighted by molar-refractivity contribution is -0.114. The smallest absolute Gasteiger partial charge is 0.414 e. The number of ether oxygens (including phenoxy) is 1. The lowest BCUT2D eigenvalue weighted by atomic mass is 10.1. The number of anilines is 2. The summed E-state index contributed by atoms with van der Waals surface area (Å²) in [7, 11) is 0. The van der Waals surface area contributed by atoms with Crippen molar-refractivity contribution in [1.29, 1.82) is 0 Å². The van der Waals surface area contributed by atoms with E-state index in [9.17, 15) is 22.8 Å². The average molecular weight is 342 g/mol. The van der Waals surface area contributed by atoms with Crippen LogP contribution in [0.25, 0.3) is 0 Å². The molecule has 1 atom stereocenters. The van der Waals surface area contributed by atoms with Crippen LogP contribution in [-0.4, -0.2) is 42.8 Å². The number of amides is 1. The van der Waals surface area contributed by atoms with E-state index in [4.69, 9.17) is 9.84 Å². The molecule has 24 heavy (non-hydrogen) atoms. The molecule has 1 saturated heterocycles. The number of carbonyl (C=O) groups is 2. The number of hydrogen-bond donors (Lipinski definition) is 1. The number of halogens is 3. The molecule has 0 unspecified atom stereocenters. The summed E-state index contributed by atoms with van der Waals surface area (Å²) in [5, 5.41) is 8.98. The molecule has 2 aliphatic rings. The van der Waals surface area contributed by atoms with Gasteiger partial charge in [0.2, 0.25) is 0 Å². The zero-order valence-corrected chi connectivity index (χ0v) is 12.3. The molecule has 0 aliphatic carbocycles. The fraction of sp³-hybridized carbons (Fsp3) is 0.333. The summed E-state index contributed by atoms with van der Waals surface area (Å²) in [6.45, 7) is -0.692. The standard InChI is InChI=1S/C15H13F3N2O4/c16-10-5-11(20-6-9(7-21)24-15(20)23)12(17)13(18)14(10)19-3-1-8(22)2-4-19/h1,3,5,9,21H,2,4,6-7H2/t9-/m1/s1. The third kappa shape index (κ3) is 2.71. The molecule has 1 fully saturated rings. The molecule has 1 N–H and O–H groups in total. The number of benzene rings is 1. The second-order valence-electron chi connectivity index (χ2n) is 5.38. The molecule has 1 amide bonds. The minimum atomic E-state index is -1.47. The van der Waals surface area contributed by atoms with Crippen LogP contribution in [0.3, 0.4) is 0 Å². The molecule has 2 aliphatic heterocycles. The van der Waals surface area contributed by atoms with Crippen LogP contribution in [0.15, 0.2) is 18.3 Å². The van der Waals surface area contributed by atoms with Gasteiger partial charge in [0.15, 0.2) is 23.2 Å². The molecule has 1 aromatic carbocycles. The van der Waals surface area contributed by atoms with Crippen LogP contribution in [0.1, 0.15) is 6.42 Å². The summed E-state index contributed by atoms with van der Waals surface area (Å²) in [5.74, 6) is -4.15. The Hall–Kier alpha value is -2.55. The third-order valence-electron chi connectivity index (χ3n) is 3.81. The third-order valence-corrected chi connectivity index (χ3v) is 3.81. The SMILES string of the molecule is O=C1C=CN(c2c(F)cc(N3C[C@H](CO)OC3=O)c(F)c2F)CC1. The topological polar surface area (TPSA) is 70.1 Å². The maximum Gasteiger partial charge on any atom is 0.414 e. The Kier molecular flexibility index (Phi) is 4.18. The summed E-state index contributed by atoms with van der Waals surface area (Å²) in [5.41, 5.74) is -1.24. The first kappa shape index (κ1) is 16.3. The van der Waals surface area contributed by atoms with E-state index in [1.807, 2.05) is 0 Å². The van der Waals surface area contributed by atoms with Gasteiger partial charge in [-0.05, 0) is 6.08 Å². The highest BCUT2D eigenvalue weighted by atomic mass is 19.2. The summed E-state index contributed by atoms with van der Waals surface area (Å²) in [6.07, 6.45) is 0.493. The molecule has 0 saturated carbocycles. The highest BCUT2D eigenvalue weighted by molar-refractivity contribution is 5.92. The number of allylic oxidation sites excluding steroid dienone is 1. The number of cyclic esters (lactones) is 1. The van der Waals surface area contributed by atoms with E-state index in [0.717, 1.165) is 15.9 Å². The highest BCUT2D eigenvalue weighted by Gasteiger charge is 2.36. The lowest BCUT2D eigenvalue weighted by Gasteiger charge is -2.25. The Morgan fingerprint density at radius 3 is 2.58 bits per heavy atom. The lowest BCUT2D eigenvalue weighted by Crippen LogP contribution is -2.29. The fourth-order valence-corrected chi connectivity index (χ4v) is 2.59. The Bertz CT molecular complexity index is 738. The first-order valence-corrected chi connectivity index (χ1v) is 7.16. The van der Waals surface area contributed by atoms with Gasteiger partial charge in [-0.3, -0.25) is 9.69 Å². The van der Waals surface area contributed by atoms with Gasteiger partial charge in [-0.2, -0.15) is 0 Å². The normalized spacial score (nSPS) is 20.8. The summed E-state index contributed by atoms with van der Waals surface area (Å²) < 4.78 is 47.8. The van der Waals surface area contributed by atoms with Crippen molar-refractivity contribution in [2.24, 2.45) is 0 Å². The van der Waals surface area contributed by atoms with Crippen LogP contribution in [-0.2, 0) is 9.53 Å². The number of ketones is 1. The molecule has 0 aromatic heterocycles. The van der Waals surface area contributed by atoms with Crippen molar-refractivity contribution in [3.63, 3.8) is 0 Å². The highest BCUT2D eigenvalue weighted by Crippen LogP contribution is 2.35. The number of carbonyl (C=O) groups excluding carboxylic acids is 2. The van der Waals surface area contributed by atoms with E-state index in [-0.39, 0.29) is 25.3 Å². The van der Waals surface area contributed by atoms with Crippen LogP contribution in [0, 0.1) is 17.5 Å². The van der Waals surface area contributed by atoms with Gasteiger partial charge < -0.3 is 14.7 Å². The largest absolute Gasteiger partial charge is 0.441 e. The Balaban J connectivity index is 1.99.